The summed E-state index contributed by atoms with van der Waals surface area (Å²) >= 11 is 3.33. The van der Waals surface area contributed by atoms with Crippen LogP contribution in [0.2, 0.25) is 0 Å². The van der Waals surface area contributed by atoms with Crippen molar-refractivity contribution in [1.82, 2.24) is 4.98 Å². The Kier molecular flexibility index (Phi) is 4.25. The van der Waals surface area contributed by atoms with E-state index in [9.17, 15) is 8.42 Å². The standard InChI is InChI=1S/C14H16BrN3O2S/c1-8-4-5-9(2)14(13(8)16)21(19,20)18-12-7-6-11(15)10(3)17-12/h4-7H,16H2,1-3H3,(H,17,18). The van der Waals surface area contributed by atoms with Crippen LogP contribution in [0, 0.1) is 20.8 Å². The highest BCUT2D eigenvalue weighted by Gasteiger charge is 2.22. The maximum absolute atomic E-state index is 12.5. The minimum absolute atomic E-state index is 0.102. The molecule has 112 valence electrons. The van der Waals surface area contributed by atoms with E-state index in [2.05, 4.69) is 25.6 Å². The number of aryl methyl sites for hydroxylation is 3. The lowest BCUT2D eigenvalue weighted by atomic mass is 10.1. The van der Waals surface area contributed by atoms with E-state index in [0.29, 0.717) is 11.3 Å². The molecule has 21 heavy (non-hydrogen) atoms. The van der Waals surface area contributed by atoms with Gasteiger partial charge in [-0.05, 0) is 60.0 Å². The van der Waals surface area contributed by atoms with E-state index in [1.165, 1.54) is 0 Å². The molecule has 0 atom stereocenters. The Morgan fingerprint density at radius 1 is 1.10 bits per heavy atom. The molecule has 0 bridgehead atoms. The second kappa shape index (κ2) is 5.65. The summed E-state index contributed by atoms with van der Waals surface area (Å²) in [5.74, 6) is 0.260. The number of nitrogens with two attached hydrogens (primary N) is 1. The Morgan fingerprint density at radius 3 is 2.33 bits per heavy atom. The molecule has 2 rings (SSSR count). The fourth-order valence-corrected chi connectivity index (χ4v) is 3.61. The average Bonchev–Trinajstić information content (AvgIpc) is 2.38. The minimum atomic E-state index is -3.78. The van der Waals surface area contributed by atoms with Crippen molar-refractivity contribution in [3.63, 3.8) is 0 Å². The SMILES string of the molecule is Cc1ccc(C)c(S(=O)(=O)Nc2ccc(Br)c(C)n2)c1N. The highest BCUT2D eigenvalue weighted by atomic mass is 79.9. The maximum atomic E-state index is 12.5. The van der Waals surface area contributed by atoms with Crippen LogP contribution in [-0.2, 0) is 10.0 Å². The predicted molar refractivity (Wildman–Crippen MR) is 87.8 cm³/mol. The lowest BCUT2D eigenvalue weighted by Gasteiger charge is -2.14. The molecule has 0 amide bonds. The summed E-state index contributed by atoms with van der Waals surface area (Å²) in [4.78, 5) is 4.29. The molecule has 0 aliphatic rings. The van der Waals surface area contributed by atoms with Crippen LogP contribution in [0.15, 0.2) is 33.6 Å². The van der Waals surface area contributed by atoms with E-state index in [1.807, 2.05) is 0 Å². The molecule has 2 aromatic rings. The number of aromatic nitrogens is 1. The monoisotopic (exact) mass is 369 g/mol. The second-order valence-electron chi connectivity index (χ2n) is 4.81. The summed E-state index contributed by atoms with van der Waals surface area (Å²) in [5.41, 5.74) is 8.21. The molecule has 0 saturated heterocycles. The van der Waals surface area contributed by atoms with E-state index in [-0.39, 0.29) is 16.4 Å². The van der Waals surface area contributed by atoms with E-state index in [4.69, 9.17) is 5.73 Å². The van der Waals surface area contributed by atoms with Crippen LogP contribution in [0.25, 0.3) is 0 Å². The normalized spacial score (nSPS) is 11.4. The number of hydrogen-bond donors (Lipinski definition) is 2. The van der Waals surface area contributed by atoms with Crippen molar-refractivity contribution in [3.8, 4) is 0 Å². The van der Waals surface area contributed by atoms with Crippen LogP contribution in [0.5, 0.6) is 0 Å². The summed E-state index contributed by atoms with van der Waals surface area (Å²) in [6.07, 6.45) is 0. The number of halogens is 1. The van der Waals surface area contributed by atoms with E-state index in [0.717, 1.165) is 10.0 Å². The lowest BCUT2D eigenvalue weighted by molar-refractivity contribution is 0.600. The molecule has 0 aliphatic carbocycles. The van der Waals surface area contributed by atoms with E-state index in [1.54, 1.807) is 45.0 Å². The van der Waals surface area contributed by atoms with Gasteiger partial charge in [0.2, 0.25) is 0 Å². The van der Waals surface area contributed by atoms with Crippen LogP contribution in [0.4, 0.5) is 11.5 Å². The number of anilines is 2. The Hall–Kier alpha value is -1.60. The Labute approximate surface area is 132 Å². The summed E-state index contributed by atoms with van der Waals surface area (Å²) in [6.45, 7) is 5.27. The number of nitrogens with one attached hydrogen (secondary N) is 1. The number of hydrogen-bond acceptors (Lipinski definition) is 4. The quantitative estimate of drug-likeness (QED) is 0.813. The molecule has 0 radical (unpaired) electrons. The van der Waals surface area contributed by atoms with Crippen LogP contribution < -0.4 is 10.5 Å². The second-order valence-corrected chi connectivity index (χ2v) is 7.28. The lowest BCUT2D eigenvalue weighted by Crippen LogP contribution is -2.17. The zero-order valence-corrected chi connectivity index (χ0v) is 14.3. The molecule has 0 aliphatic heterocycles. The molecular formula is C14H16BrN3O2S. The highest BCUT2D eigenvalue weighted by Crippen LogP contribution is 2.27. The first-order valence-electron chi connectivity index (χ1n) is 6.24. The van der Waals surface area contributed by atoms with Gasteiger partial charge in [-0.15, -0.1) is 0 Å². The predicted octanol–water partition coefficient (Wildman–Crippen LogP) is 3.15. The largest absolute Gasteiger partial charge is 0.397 e. The van der Waals surface area contributed by atoms with Gasteiger partial charge in [0.15, 0.2) is 0 Å². The third kappa shape index (κ3) is 3.19. The van der Waals surface area contributed by atoms with Crippen LogP contribution in [0.3, 0.4) is 0 Å². The minimum Gasteiger partial charge on any atom is -0.397 e. The average molecular weight is 370 g/mol. The molecule has 0 spiro atoms. The number of nitrogens with zero attached hydrogens (tertiary/aromatic N) is 1. The summed E-state index contributed by atoms with van der Waals surface area (Å²) < 4.78 is 28.4. The van der Waals surface area contributed by atoms with Crippen LogP contribution in [0.1, 0.15) is 16.8 Å². The molecule has 1 heterocycles. The summed E-state index contributed by atoms with van der Waals surface area (Å²) in [7, 11) is -3.78. The van der Waals surface area contributed by atoms with Crippen molar-refractivity contribution < 1.29 is 8.42 Å². The number of benzene rings is 1. The molecular weight excluding hydrogens is 354 g/mol. The van der Waals surface area contributed by atoms with Gasteiger partial charge in [0.25, 0.3) is 10.0 Å². The third-order valence-electron chi connectivity index (χ3n) is 3.14. The van der Waals surface area contributed by atoms with Gasteiger partial charge in [0.05, 0.1) is 11.4 Å². The molecule has 0 saturated carbocycles. The number of nitrogen functional groups attached to an aromatic ring is 1. The van der Waals surface area contributed by atoms with Gasteiger partial charge in [-0.3, -0.25) is 4.72 Å². The van der Waals surface area contributed by atoms with Crippen molar-refractivity contribution in [3.05, 3.63) is 45.6 Å². The topological polar surface area (TPSA) is 85.1 Å². The Bertz CT molecular complexity index is 804. The van der Waals surface area contributed by atoms with Gasteiger partial charge >= 0.3 is 0 Å². The molecule has 5 nitrogen and oxygen atoms in total. The van der Waals surface area contributed by atoms with E-state index < -0.39 is 10.0 Å². The van der Waals surface area contributed by atoms with Gasteiger partial charge in [-0.2, -0.15) is 0 Å². The zero-order chi connectivity index (χ0) is 15.8. The fourth-order valence-electron chi connectivity index (χ4n) is 1.95. The van der Waals surface area contributed by atoms with Gasteiger partial charge in [0, 0.05) is 4.47 Å². The molecule has 1 aromatic heterocycles. The zero-order valence-electron chi connectivity index (χ0n) is 11.9. The number of sulfonamides is 1. The van der Waals surface area contributed by atoms with Crippen LogP contribution >= 0.6 is 15.9 Å². The van der Waals surface area contributed by atoms with Crippen LogP contribution in [-0.4, -0.2) is 13.4 Å². The first-order chi connectivity index (χ1) is 9.72. The Balaban J connectivity index is 2.48. The molecule has 1 aromatic carbocycles. The molecule has 3 N–H and O–H groups in total. The highest BCUT2D eigenvalue weighted by molar-refractivity contribution is 9.10. The molecule has 7 heteroatoms. The van der Waals surface area contributed by atoms with Crippen molar-refractivity contribution in [2.24, 2.45) is 0 Å². The Morgan fingerprint density at radius 2 is 1.71 bits per heavy atom. The number of pyridine rings is 1. The first-order valence-corrected chi connectivity index (χ1v) is 8.51. The first kappa shape index (κ1) is 15.8. The van der Waals surface area contributed by atoms with Crippen molar-refractivity contribution in [2.75, 3.05) is 10.5 Å². The maximum Gasteiger partial charge on any atom is 0.265 e. The van der Waals surface area contributed by atoms with Gasteiger partial charge < -0.3 is 5.73 Å². The summed E-state index contributed by atoms with van der Waals surface area (Å²) in [6, 6.07) is 6.87. The molecule has 0 fully saturated rings. The van der Waals surface area contributed by atoms with Gasteiger partial charge in [-0.1, -0.05) is 12.1 Å². The smallest absolute Gasteiger partial charge is 0.265 e. The fraction of sp³-hybridized carbons (Fsp3) is 0.214. The third-order valence-corrected chi connectivity index (χ3v) is 5.54. The summed E-state index contributed by atoms with van der Waals surface area (Å²) in [5, 5.41) is 0. The van der Waals surface area contributed by atoms with Gasteiger partial charge in [-0.25, -0.2) is 13.4 Å². The molecule has 0 unspecified atom stereocenters. The van der Waals surface area contributed by atoms with Crippen molar-refractivity contribution in [1.29, 1.82) is 0 Å². The van der Waals surface area contributed by atoms with Crippen molar-refractivity contribution in [2.45, 2.75) is 25.7 Å². The van der Waals surface area contributed by atoms with Gasteiger partial charge in [0.1, 0.15) is 10.7 Å². The van der Waals surface area contributed by atoms with Crippen molar-refractivity contribution >= 4 is 37.5 Å². The van der Waals surface area contributed by atoms with E-state index >= 15 is 0 Å². The number of rotatable bonds is 3.